The van der Waals surface area contributed by atoms with Crippen LogP contribution in [0.2, 0.25) is 15.2 Å². The molecule has 15 heteroatoms. The van der Waals surface area contributed by atoms with E-state index < -0.39 is 43.0 Å². The molecular formula is C23H18Cl3F4N5O3. The number of hydrogen-bond acceptors (Lipinski definition) is 5. The van der Waals surface area contributed by atoms with Gasteiger partial charge in [0.2, 0.25) is 0 Å². The first-order valence-corrected chi connectivity index (χ1v) is 12.0. The Hall–Kier alpha value is -2.90. The highest BCUT2D eigenvalue weighted by Crippen LogP contribution is 2.31. The highest BCUT2D eigenvalue weighted by Gasteiger charge is 2.39. The molecule has 0 radical (unpaired) electrons. The molecule has 38 heavy (non-hydrogen) atoms. The van der Waals surface area contributed by atoms with Gasteiger partial charge in [0.25, 0.3) is 0 Å². The summed E-state index contributed by atoms with van der Waals surface area (Å²) in [6, 6.07) is 9.48. The van der Waals surface area contributed by atoms with Gasteiger partial charge in [-0.15, -0.1) is 5.10 Å². The van der Waals surface area contributed by atoms with E-state index in [1.807, 2.05) is 0 Å². The van der Waals surface area contributed by atoms with Crippen molar-refractivity contribution in [3.63, 3.8) is 0 Å². The Kier molecular flexibility index (Phi) is 7.91. The molecule has 0 amide bonds. The van der Waals surface area contributed by atoms with Gasteiger partial charge in [-0.05, 0) is 37.3 Å². The van der Waals surface area contributed by atoms with E-state index in [4.69, 9.17) is 34.8 Å². The molecule has 0 saturated carbocycles. The molecule has 0 aliphatic carbocycles. The van der Waals surface area contributed by atoms with Crippen LogP contribution in [0.4, 0.5) is 17.6 Å². The molecule has 4 aromatic rings. The lowest BCUT2D eigenvalue weighted by Crippen LogP contribution is -2.37. The Labute approximate surface area is 227 Å². The number of aromatic nitrogens is 5. The Morgan fingerprint density at radius 3 is 2.24 bits per heavy atom. The number of imidazole rings is 1. The van der Waals surface area contributed by atoms with E-state index in [1.165, 1.54) is 43.3 Å². The van der Waals surface area contributed by atoms with Crippen LogP contribution < -0.4 is 5.69 Å². The van der Waals surface area contributed by atoms with Gasteiger partial charge in [0.15, 0.2) is 17.8 Å². The van der Waals surface area contributed by atoms with Crippen molar-refractivity contribution in [3.05, 3.63) is 85.6 Å². The monoisotopic (exact) mass is 593 g/mol. The van der Waals surface area contributed by atoms with E-state index in [2.05, 4.69) is 10.1 Å². The van der Waals surface area contributed by atoms with E-state index in [0.29, 0.717) is 9.59 Å². The van der Waals surface area contributed by atoms with Crippen molar-refractivity contribution >= 4 is 34.8 Å². The number of rotatable bonds is 7. The fourth-order valence-electron chi connectivity index (χ4n) is 3.70. The van der Waals surface area contributed by atoms with Crippen LogP contribution in [0.1, 0.15) is 24.7 Å². The van der Waals surface area contributed by atoms with Gasteiger partial charge in [-0.25, -0.2) is 18.9 Å². The number of benzene rings is 2. The predicted octanol–water partition coefficient (Wildman–Crippen LogP) is 5.02. The van der Waals surface area contributed by atoms with Gasteiger partial charge in [0.1, 0.15) is 22.8 Å². The Morgan fingerprint density at radius 2 is 1.63 bits per heavy atom. The van der Waals surface area contributed by atoms with Gasteiger partial charge in [0.05, 0.1) is 18.8 Å². The third-order valence-electron chi connectivity index (χ3n) is 5.50. The standard InChI is InChI=1S/C23H18Cl3F4N5O3/c1-11(36)21-31-18(32-35(21)16-8-14(25)6-7-15(16)27)10-34-20(26)19(12-2-4-13(24)5-3-12)33(22(34)38)9-17(37)23(28,29)30/h2-8,11,17,36-37H,9-10H2,1H3/t11-,17-/m0/s1. The summed E-state index contributed by atoms with van der Waals surface area (Å²) in [5.74, 6) is -0.920. The summed E-state index contributed by atoms with van der Waals surface area (Å²) in [5, 5.41) is 24.3. The molecule has 0 spiro atoms. The van der Waals surface area contributed by atoms with Crippen molar-refractivity contribution in [1.82, 2.24) is 23.9 Å². The number of nitrogens with zero attached hydrogens (tertiary/aromatic N) is 5. The van der Waals surface area contributed by atoms with E-state index in [1.54, 1.807) is 0 Å². The molecule has 0 fully saturated rings. The number of halogens is 7. The molecule has 8 nitrogen and oxygen atoms in total. The van der Waals surface area contributed by atoms with E-state index in [-0.39, 0.29) is 38.8 Å². The van der Waals surface area contributed by atoms with Crippen LogP contribution in [-0.4, -0.2) is 46.4 Å². The summed E-state index contributed by atoms with van der Waals surface area (Å²) in [4.78, 5) is 17.4. The Bertz CT molecular complexity index is 1530. The summed E-state index contributed by atoms with van der Waals surface area (Å²) >= 11 is 18.4. The molecular weight excluding hydrogens is 577 g/mol. The van der Waals surface area contributed by atoms with Crippen molar-refractivity contribution in [2.75, 3.05) is 0 Å². The van der Waals surface area contributed by atoms with Crippen LogP contribution in [0.25, 0.3) is 16.9 Å². The Balaban J connectivity index is 1.84. The minimum atomic E-state index is -5.00. The van der Waals surface area contributed by atoms with E-state index >= 15 is 0 Å². The zero-order chi connectivity index (χ0) is 27.9. The molecule has 0 saturated heterocycles. The molecule has 2 atom stereocenters. The molecule has 0 aliphatic heterocycles. The molecule has 0 unspecified atom stereocenters. The van der Waals surface area contributed by atoms with Crippen LogP contribution in [0, 0.1) is 5.82 Å². The van der Waals surface area contributed by atoms with E-state index in [9.17, 15) is 32.6 Å². The molecule has 2 heterocycles. The summed E-state index contributed by atoms with van der Waals surface area (Å²) < 4.78 is 56.5. The summed E-state index contributed by atoms with van der Waals surface area (Å²) in [5.41, 5.74) is -0.966. The van der Waals surface area contributed by atoms with Crippen molar-refractivity contribution in [2.45, 2.75) is 38.4 Å². The van der Waals surface area contributed by atoms with Crippen LogP contribution in [0.3, 0.4) is 0 Å². The van der Waals surface area contributed by atoms with Gasteiger partial charge >= 0.3 is 11.9 Å². The largest absolute Gasteiger partial charge is 0.416 e. The number of aliphatic hydroxyl groups excluding tert-OH is 2. The second-order valence-corrected chi connectivity index (χ2v) is 9.48. The topological polar surface area (TPSA) is 98.1 Å². The lowest BCUT2D eigenvalue weighted by molar-refractivity contribution is -0.207. The molecule has 2 N–H and O–H groups in total. The lowest BCUT2D eigenvalue weighted by atomic mass is 10.1. The Morgan fingerprint density at radius 1 is 1.00 bits per heavy atom. The average Bonchev–Trinajstić information content (AvgIpc) is 3.36. The fourth-order valence-corrected chi connectivity index (χ4v) is 4.34. The highest BCUT2D eigenvalue weighted by molar-refractivity contribution is 6.32. The molecule has 0 aliphatic rings. The van der Waals surface area contributed by atoms with Gasteiger partial charge in [-0.1, -0.05) is 46.9 Å². The third-order valence-corrected chi connectivity index (χ3v) is 6.37. The van der Waals surface area contributed by atoms with Crippen LogP contribution in [0.15, 0.2) is 47.3 Å². The molecule has 202 valence electrons. The minimum absolute atomic E-state index is 0.0878. The maximum Gasteiger partial charge on any atom is 0.416 e. The summed E-state index contributed by atoms with van der Waals surface area (Å²) in [7, 11) is 0. The molecule has 0 bridgehead atoms. The fraction of sp³-hybridized carbons (Fsp3) is 0.261. The maximum atomic E-state index is 14.5. The average molecular weight is 595 g/mol. The second kappa shape index (κ2) is 10.7. The smallest absolute Gasteiger partial charge is 0.385 e. The van der Waals surface area contributed by atoms with Gasteiger partial charge in [-0.2, -0.15) is 13.2 Å². The van der Waals surface area contributed by atoms with Crippen molar-refractivity contribution in [2.24, 2.45) is 0 Å². The van der Waals surface area contributed by atoms with Gasteiger partial charge in [-0.3, -0.25) is 9.13 Å². The highest BCUT2D eigenvalue weighted by atomic mass is 35.5. The zero-order valence-corrected chi connectivity index (χ0v) is 21.6. The maximum absolute atomic E-state index is 14.5. The molecule has 2 aromatic heterocycles. The SMILES string of the molecule is C[C@H](O)c1nc(Cn2c(Cl)c(-c3ccc(Cl)cc3)n(C[C@H](O)C(F)(F)F)c2=O)nn1-c1cc(Cl)ccc1F. The molecule has 4 rings (SSSR count). The number of aliphatic hydroxyl groups is 2. The summed E-state index contributed by atoms with van der Waals surface area (Å²) in [6.45, 7) is -0.233. The lowest BCUT2D eigenvalue weighted by Gasteiger charge is -2.16. The van der Waals surface area contributed by atoms with E-state index in [0.717, 1.165) is 15.3 Å². The van der Waals surface area contributed by atoms with Crippen molar-refractivity contribution < 1.29 is 27.8 Å². The minimum Gasteiger partial charge on any atom is -0.385 e. The quantitative estimate of drug-likeness (QED) is 0.293. The first-order valence-electron chi connectivity index (χ1n) is 10.9. The number of hydrogen-bond donors (Lipinski definition) is 2. The predicted molar refractivity (Wildman–Crippen MR) is 132 cm³/mol. The van der Waals surface area contributed by atoms with Crippen LogP contribution in [0.5, 0.6) is 0 Å². The first-order chi connectivity index (χ1) is 17.8. The summed E-state index contributed by atoms with van der Waals surface area (Å²) in [6.07, 6.45) is -9.08. The van der Waals surface area contributed by atoms with Crippen molar-refractivity contribution in [3.8, 4) is 16.9 Å². The first kappa shape index (κ1) is 28.1. The second-order valence-electron chi connectivity index (χ2n) is 8.25. The van der Waals surface area contributed by atoms with Gasteiger partial charge < -0.3 is 10.2 Å². The zero-order valence-electron chi connectivity index (χ0n) is 19.3. The normalized spacial score (nSPS) is 13.6. The number of alkyl halides is 3. The third kappa shape index (κ3) is 5.59. The van der Waals surface area contributed by atoms with Gasteiger partial charge in [0, 0.05) is 15.6 Å². The van der Waals surface area contributed by atoms with Crippen LogP contribution in [-0.2, 0) is 13.1 Å². The van der Waals surface area contributed by atoms with Crippen LogP contribution >= 0.6 is 34.8 Å². The van der Waals surface area contributed by atoms with Crippen molar-refractivity contribution in [1.29, 1.82) is 0 Å². The molecule has 2 aromatic carbocycles.